The zero-order valence-corrected chi connectivity index (χ0v) is 37.9. The number of carbonyl (C=O) groups excluding carboxylic acids is 4. The number of urea groups is 1. The first-order valence-corrected chi connectivity index (χ1v) is 22.7. The number of amides is 4. The third-order valence-corrected chi connectivity index (χ3v) is 13.2. The molecule has 15 heteroatoms. The second-order valence-corrected chi connectivity index (χ2v) is 18.8. The number of rotatable bonds is 10. The van der Waals surface area contributed by atoms with E-state index in [2.05, 4.69) is 60.3 Å². The Morgan fingerprint density at radius 3 is 2.59 bits per heavy atom. The van der Waals surface area contributed by atoms with Gasteiger partial charge in [-0.3, -0.25) is 24.4 Å². The van der Waals surface area contributed by atoms with Gasteiger partial charge in [0, 0.05) is 85.3 Å². The van der Waals surface area contributed by atoms with Crippen molar-refractivity contribution in [3.05, 3.63) is 58.2 Å². The second-order valence-electron chi connectivity index (χ2n) is 17.9. The van der Waals surface area contributed by atoms with Crippen LogP contribution in [0.2, 0.25) is 0 Å². The molecule has 328 valence electrons. The van der Waals surface area contributed by atoms with Gasteiger partial charge in [-0.1, -0.05) is 33.8 Å². The zero-order valence-electron chi connectivity index (χ0n) is 37.1. The first-order chi connectivity index (χ1) is 29.2. The molecule has 4 atom stereocenters. The number of fused-ring (bicyclic) bond motifs is 6. The Kier molecular flexibility index (Phi) is 13.2. The first-order valence-electron chi connectivity index (χ1n) is 21.8. The molecule has 1 aliphatic carbocycles. The Morgan fingerprint density at radius 2 is 1.90 bits per heavy atom. The summed E-state index contributed by atoms with van der Waals surface area (Å²) in [5.41, 5.74) is 9.42. The van der Waals surface area contributed by atoms with E-state index in [1.807, 2.05) is 44.0 Å². The number of nitrogens with one attached hydrogen (secondary N) is 2. The van der Waals surface area contributed by atoms with E-state index >= 15 is 0 Å². The summed E-state index contributed by atoms with van der Waals surface area (Å²) in [5.74, 6) is -1.48. The van der Waals surface area contributed by atoms with Crippen LogP contribution < -0.4 is 10.7 Å². The van der Waals surface area contributed by atoms with Crippen molar-refractivity contribution in [2.45, 2.75) is 124 Å². The Hall–Kier alpha value is -4.86. The molecule has 4 amide bonds. The number of aryl methyl sites for hydroxylation is 1. The molecular weight excluding hydrogens is 793 g/mol. The average molecular weight is 855 g/mol. The number of esters is 1. The molecule has 4 aromatic rings. The Morgan fingerprint density at radius 1 is 1.13 bits per heavy atom. The largest absolute Gasteiger partial charge is 0.464 e. The van der Waals surface area contributed by atoms with Crippen LogP contribution in [0.5, 0.6) is 0 Å². The van der Waals surface area contributed by atoms with Gasteiger partial charge in [-0.2, -0.15) is 0 Å². The molecule has 3 aromatic heterocycles. The number of hydrazine groups is 1. The smallest absolute Gasteiger partial charge is 0.324 e. The van der Waals surface area contributed by atoms with Crippen molar-refractivity contribution in [2.75, 3.05) is 33.9 Å². The highest BCUT2D eigenvalue weighted by molar-refractivity contribution is 7.10. The Bertz CT molecular complexity index is 2260. The molecule has 6 bridgehead atoms. The van der Waals surface area contributed by atoms with E-state index in [9.17, 15) is 19.2 Å². The number of cyclic esters (lactones) is 1. The van der Waals surface area contributed by atoms with Gasteiger partial charge in [0.25, 0.3) is 5.91 Å². The van der Waals surface area contributed by atoms with Gasteiger partial charge < -0.3 is 29.2 Å². The number of likely N-dealkylation sites (N-methyl/N-ethyl adjacent to an activating group) is 1. The molecular formula is C46H62N8O6S. The number of pyridine rings is 1. The minimum Gasteiger partial charge on any atom is -0.464 e. The standard InChI is InChI=1S/C46H62N8O6S/c1-10-52(30-17-18-30)45(58)51(8)40(27(3)4)42(55)49-35-23-38-48-36(25-61-38)29-16-19-37-32(22-29)33(41(53(37)11-2)31-14-12-20-47-39(31)28(5)59-9)24-46(6,7)26-60-44(57)34-15-13-21-54(50-34)43(35)56/h12,14,16,19-20,22,25,27-28,30,34-35,40,50H,10-11,13,15,17-18,21,23-24,26H2,1-9H3,(H,49,55)/t28-,34-,35-,40-/m0/s1. The molecule has 0 radical (unpaired) electrons. The van der Waals surface area contributed by atoms with Crippen molar-refractivity contribution in [3.8, 4) is 22.5 Å². The lowest BCUT2D eigenvalue weighted by Gasteiger charge is -2.37. The average Bonchev–Trinajstić information content (AvgIpc) is 3.90. The van der Waals surface area contributed by atoms with E-state index in [4.69, 9.17) is 19.4 Å². The van der Waals surface area contributed by atoms with Crippen LogP contribution >= 0.6 is 11.3 Å². The van der Waals surface area contributed by atoms with Gasteiger partial charge in [-0.15, -0.1) is 11.3 Å². The number of ether oxygens (including phenoxy) is 2. The SMILES string of the molecule is CCN(C(=O)N(C)[C@H](C(=O)N[C@H]1Cc2nc(cs2)-c2ccc3c(c2)c(c(-c2cccnc2[C@H](C)OC)n3CC)CC(C)(C)COC(=O)[C@@H]2CCCN(N2)C1=O)C(C)C)C1CC1. The van der Waals surface area contributed by atoms with Crippen LogP contribution in [0.3, 0.4) is 0 Å². The summed E-state index contributed by atoms with van der Waals surface area (Å²) in [4.78, 5) is 69.6. The van der Waals surface area contributed by atoms with Crippen LogP contribution in [0.15, 0.2) is 41.9 Å². The van der Waals surface area contributed by atoms with E-state index in [-0.39, 0.29) is 43.0 Å². The number of nitrogens with zero attached hydrogens (tertiary/aromatic N) is 6. The maximum Gasteiger partial charge on any atom is 0.324 e. The Labute approximate surface area is 363 Å². The predicted octanol–water partition coefficient (Wildman–Crippen LogP) is 6.76. The fourth-order valence-corrected chi connectivity index (χ4v) is 9.85. The van der Waals surface area contributed by atoms with Gasteiger partial charge in [-0.25, -0.2) is 15.2 Å². The van der Waals surface area contributed by atoms with Crippen molar-refractivity contribution in [1.29, 1.82) is 0 Å². The van der Waals surface area contributed by atoms with E-state index in [1.54, 1.807) is 20.4 Å². The summed E-state index contributed by atoms with van der Waals surface area (Å²) in [6, 6.07) is 7.85. The minimum absolute atomic E-state index is 0.119. The lowest BCUT2D eigenvalue weighted by molar-refractivity contribution is -0.155. The molecule has 1 aromatic carbocycles. The highest BCUT2D eigenvalue weighted by Crippen LogP contribution is 2.42. The van der Waals surface area contributed by atoms with E-state index in [0.717, 1.165) is 57.5 Å². The van der Waals surface area contributed by atoms with Crippen LogP contribution in [0.1, 0.15) is 96.5 Å². The maximum absolute atomic E-state index is 14.5. The second kappa shape index (κ2) is 18.2. The van der Waals surface area contributed by atoms with Crippen LogP contribution in [0.25, 0.3) is 33.4 Å². The van der Waals surface area contributed by atoms with Crippen molar-refractivity contribution in [2.24, 2.45) is 11.3 Å². The van der Waals surface area contributed by atoms with Crippen LogP contribution in [-0.2, 0) is 43.2 Å². The molecule has 2 N–H and O–H groups in total. The van der Waals surface area contributed by atoms with E-state index in [1.165, 1.54) is 21.2 Å². The molecule has 14 nitrogen and oxygen atoms in total. The summed E-state index contributed by atoms with van der Waals surface area (Å²) < 4.78 is 14.2. The molecule has 5 heterocycles. The fourth-order valence-electron chi connectivity index (χ4n) is 9.00. The fraction of sp³-hybridized carbons (Fsp3) is 0.565. The molecule has 0 unspecified atom stereocenters. The number of methoxy groups -OCH3 is 1. The number of aromatic nitrogens is 3. The highest BCUT2D eigenvalue weighted by Gasteiger charge is 2.40. The topological polar surface area (TPSA) is 151 Å². The van der Waals surface area contributed by atoms with Gasteiger partial charge in [0.05, 0.1) is 34.8 Å². The molecule has 3 aliphatic rings. The van der Waals surface area contributed by atoms with Crippen LogP contribution in [0.4, 0.5) is 4.79 Å². The summed E-state index contributed by atoms with van der Waals surface area (Å²) in [6.45, 7) is 15.9. The molecule has 61 heavy (non-hydrogen) atoms. The zero-order chi connectivity index (χ0) is 43.7. The first kappa shape index (κ1) is 44.2. The molecule has 0 spiro atoms. The predicted molar refractivity (Wildman–Crippen MR) is 237 cm³/mol. The summed E-state index contributed by atoms with van der Waals surface area (Å²) >= 11 is 1.43. The summed E-state index contributed by atoms with van der Waals surface area (Å²) in [5, 5.41) is 8.23. The third kappa shape index (κ3) is 9.19. The Balaban J connectivity index is 1.30. The van der Waals surface area contributed by atoms with Crippen molar-refractivity contribution >= 4 is 46.1 Å². The van der Waals surface area contributed by atoms with Crippen LogP contribution in [-0.4, -0.2) is 111 Å². The van der Waals surface area contributed by atoms with Crippen molar-refractivity contribution in [1.82, 2.24) is 40.1 Å². The number of carbonyl (C=O) groups is 4. The molecule has 1 saturated heterocycles. The summed E-state index contributed by atoms with van der Waals surface area (Å²) in [6.07, 6.45) is 5.23. The van der Waals surface area contributed by atoms with E-state index < -0.39 is 35.4 Å². The van der Waals surface area contributed by atoms with Gasteiger partial charge in [0.2, 0.25) is 5.91 Å². The van der Waals surface area contributed by atoms with Gasteiger partial charge >= 0.3 is 12.0 Å². The lowest BCUT2D eigenvalue weighted by Crippen LogP contribution is -2.62. The molecule has 2 aliphatic heterocycles. The summed E-state index contributed by atoms with van der Waals surface area (Å²) in [7, 11) is 3.35. The van der Waals surface area contributed by atoms with Crippen molar-refractivity contribution in [3.63, 3.8) is 0 Å². The molecule has 7 rings (SSSR count). The number of thiazole rings is 1. The molecule has 1 saturated carbocycles. The van der Waals surface area contributed by atoms with E-state index in [0.29, 0.717) is 43.9 Å². The number of hydrogen-bond donors (Lipinski definition) is 2. The molecule has 2 fully saturated rings. The number of benzene rings is 1. The highest BCUT2D eigenvalue weighted by atomic mass is 32.1. The van der Waals surface area contributed by atoms with Gasteiger partial charge in [-0.05, 0) is 88.6 Å². The van der Waals surface area contributed by atoms with Crippen molar-refractivity contribution < 1.29 is 28.7 Å². The minimum atomic E-state index is -1.03. The quantitative estimate of drug-likeness (QED) is 0.165. The normalized spacial score (nSPS) is 20.5. The van der Waals surface area contributed by atoms with Crippen LogP contribution in [0, 0.1) is 11.3 Å². The maximum atomic E-state index is 14.5. The number of hydrogen-bond acceptors (Lipinski definition) is 10. The third-order valence-electron chi connectivity index (χ3n) is 12.3. The monoisotopic (exact) mass is 854 g/mol. The van der Waals surface area contributed by atoms with Gasteiger partial charge in [0.15, 0.2) is 0 Å². The lowest BCUT2D eigenvalue weighted by atomic mass is 9.84. The van der Waals surface area contributed by atoms with Gasteiger partial charge in [0.1, 0.15) is 18.1 Å².